The summed E-state index contributed by atoms with van der Waals surface area (Å²) in [6.07, 6.45) is 3.56. The fraction of sp³-hybridized carbons (Fsp3) is 0.368. The molecule has 3 rings (SSSR count). The third-order valence-corrected chi connectivity index (χ3v) is 8.38. The molecule has 2 heterocycles. The second kappa shape index (κ2) is 9.29. The predicted octanol–water partition coefficient (Wildman–Crippen LogP) is 2.97. The van der Waals surface area contributed by atoms with Crippen molar-refractivity contribution in [3.05, 3.63) is 40.6 Å². The van der Waals surface area contributed by atoms with Crippen molar-refractivity contribution in [1.29, 1.82) is 0 Å². The third kappa shape index (κ3) is 4.82. The van der Waals surface area contributed by atoms with Crippen molar-refractivity contribution in [3.8, 4) is 0 Å². The van der Waals surface area contributed by atoms with Crippen LogP contribution in [0.5, 0.6) is 0 Å². The Morgan fingerprint density at radius 2 is 1.90 bits per heavy atom. The van der Waals surface area contributed by atoms with Gasteiger partial charge in [-0.05, 0) is 42.7 Å². The fourth-order valence-corrected chi connectivity index (χ4v) is 6.58. The minimum atomic E-state index is -3.70. The van der Waals surface area contributed by atoms with Crippen molar-refractivity contribution in [2.24, 2.45) is 0 Å². The minimum Gasteiger partial charge on any atom is -0.332 e. The Labute approximate surface area is 179 Å². The van der Waals surface area contributed by atoms with Gasteiger partial charge in [-0.2, -0.15) is 4.31 Å². The van der Waals surface area contributed by atoms with Gasteiger partial charge in [0.2, 0.25) is 15.9 Å². The first-order chi connectivity index (χ1) is 13.8. The maximum Gasteiger partial charge on any atom is 0.265 e. The van der Waals surface area contributed by atoms with E-state index in [1.807, 2.05) is 24.5 Å². The second-order valence-corrected chi connectivity index (χ2v) is 10.3. The summed E-state index contributed by atoms with van der Waals surface area (Å²) in [7, 11) is -2.20. The molecule has 7 nitrogen and oxygen atoms in total. The molecular weight excluding hydrogens is 430 g/mol. The van der Waals surface area contributed by atoms with E-state index < -0.39 is 15.9 Å². The van der Waals surface area contributed by atoms with Gasteiger partial charge in [0.1, 0.15) is 9.77 Å². The lowest BCUT2D eigenvalue weighted by atomic mass is 10.3. The van der Waals surface area contributed by atoms with E-state index >= 15 is 0 Å². The van der Waals surface area contributed by atoms with Crippen LogP contribution in [0.25, 0.3) is 0 Å². The number of likely N-dealkylation sites (N-methyl/N-ethyl adjacent to an activating group) is 1. The highest BCUT2D eigenvalue weighted by molar-refractivity contribution is 7.98. The average molecular weight is 454 g/mol. The average Bonchev–Trinajstić information content (AvgIpc) is 3.40. The van der Waals surface area contributed by atoms with Crippen molar-refractivity contribution in [3.63, 3.8) is 0 Å². The van der Waals surface area contributed by atoms with Gasteiger partial charge in [0.05, 0.1) is 12.2 Å². The Hall–Kier alpha value is -1.88. The number of nitrogens with one attached hydrogen (secondary N) is 1. The van der Waals surface area contributed by atoms with Gasteiger partial charge in [-0.15, -0.1) is 23.1 Å². The molecule has 1 aromatic heterocycles. The van der Waals surface area contributed by atoms with E-state index in [4.69, 9.17) is 0 Å². The minimum absolute atomic E-state index is 0.0226. The number of benzene rings is 1. The molecule has 1 fully saturated rings. The molecule has 0 saturated carbocycles. The van der Waals surface area contributed by atoms with Gasteiger partial charge in [-0.25, -0.2) is 8.42 Å². The number of amides is 2. The van der Waals surface area contributed by atoms with E-state index in [0.717, 1.165) is 29.1 Å². The number of hydrogen-bond donors (Lipinski definition) is 1. The Balaban J connectivity index is 1.71. The van der Waals surface area contributed by atoms with Crippen LogP contribution in [0.1, 0.15) is 22.5 Å². The van der Waals surface area contributed by atoms with Crippen LogP contribution in [0.4, 0.5) is 5.69 Å². The molecule has 10 heteroatoms. The van der Waals surface area contributed by atoms with Gasteiger partial charge in [0, 0.05) is 25.0 Å². The first-order valence-electron chi connectivity index (χ1n) is 9.10. The molecule has 2 amide bonds. The zero-order valence-corrected chi connectivity index (χ0v) is 18.7. The van der Waals surface area contributed by atoms with Crippen LogP contribution in [-0.2, 0) is 14.8 Å². The molecule has 0 radical (unpaired) electrons. The van der Waals surface area contributed by atoms with Crippen LogP contribution >= 0.6 is 23.1 Å². The molecule has 0 bridgehead atoms. The van der Waals surface area contributed by atoms with Crippen LogP contribution in [0, 0.1) is 0 Å². The van der Waals surface area contributed by atoms with Gasteiger partial charge >= 0.3 is 0 Å². The molecular formula is C19H23N3O4S3. The number of sulfonamides is 1. The van der Waals surface area contributed by atoms with Crippen molar-refractivity contribution >= 4 is 50.6 Å². The molecule has 1 saturated heterocycles. The van der Waals surface area contributed by atoms with Gasteiger partial charge in [-0.3, -0.25) is 9.59 Å². The van der Waals surface area contributed by atoms with E-state index in [1.54, 1.807) is 11.4 Å². The van der Waals surface area contributed by atoms with Gasteiger partial charge in [0.15, 0.2) is 0 Å². The van der Waals surface area contributed by atoms with Crippen LogP contribution in [0.3, 0.4) is 0 Å². The zero-order chi connectivity index (χ0) is 21.0. The number of carbonyl (C=O) groups is 2. The van der Waals surface area contributed by atoms with E-state index in [2.05, 4.69) is 5.32 Å². The molecule has 0 spiro atoms. The summed E-state index contributed by atoms with van der Waals surface area (Å²) in [4.78, 5) is 27.6. The zero-order valence-electron chi connectivity index (χ0n) is 16.3. The lowest BCUT2D eigenvalue weighted by molar-refractivity contribution is -0.116. The summed E-state index contributed by atoms with van der Waals surface area (Å²) < 4.78 is 27.1. The highest BCUT2D eigenvalue weighted by atomic mass is 32.2. The first kappa shape index (κ1) is 21.8. The van der Waals surface area contributed by atoms with E-state index in [-0.39, 0.29) is 22.2 Å². The smallest absolute Gasteiger partial charge is 0.265 e. The summed E-state index contributed by atoms with van der Waals surface area (Å²) in [5, 5.41) is 4.40. The Morgan fingerprint density at radius 1 is 1.21 bits per heavy atom. The highest BCUT2D eigenvalue weighted by Gasteiger charge is 2.32. The highest BCUT2D eigenvalue weighted by Crippen LogP contribution is 2.29. The SMILES string of the molecule is CSc1ccccc1NC(=O)CN(C)C(=O)c1sccc1S(=O)(=O)N1CCCC1. The Kier molecular flexibility index (Phi) is 6.99. The monoisotopic (exact) mass is 453 g/mol. The Bertz CT molecular complexity index is 998. The maximum absolute atomic E-state index is 12.9. The molecule has 29 heavy (non-hydrogen) atoms. The molecule has 1 aliphatic heterocycles. The molecule has 1 N–H and O–H groups in total. The number of anilines is 1. The molecule has 156 valence electrons. The number of thioether (sulfide) groups is 1. The number of para-hydroxylation sites is 1. The van der Waals surface area contributed by atoms with E-state index in [0.29, 0.717) is 18.8 Å². The van der Waals surface area contributed by atoms with Crippen LogP contribution in [-0.4, -0.2) is 62.4 Å². The summed E-state index contributed by atoms with van der Waals surface area (Å²) >= 11 is 2.59. The maximum atomic E-state index is 12.9. The third-order valence-electron chi connectivity index (χ3n) is 4.61. The van der Waals surface area contributed by atoms with E-state index in [1.165, 1.54) is 34.1 Å². The second-order valence-electron chi connectivity index (χ2n) is 6.63. The topological polar surface area (TPSA) is 86.8 Å². The lowest BCUT2D eigenvalue weighted by Crippen LogP contribution is -2.36. The van der Waals surface area contributed by atoms with Crippen molar-refractivity contribution in [1.82, 2.24) is 9.21 Å². The van der Waals surface area contributed by atoms with Crippen molar-refractivity contribution < 1.29 is 18.0 Å². The number of thiophene rings is 1. The van der Waals surface area contributed by atoms with Crippen LogP contribution in [0.2, 0.25) is 0 Å². The standard InChI is InChI=1S/C19H23N3O4S3/c1-21(13-17(23)20-14-7-3-4-8-15(14)27-2)19(24)18-16(9-12-28-18)29(25,26)22-10-5-6-11-22/h3-4,7-9,12H,5-6,10-11,13H2,1-2H3,(H,20,23). The molecule has 1 aliphatic rings. The molecule has 1 aromatic carbocycles. The molecule has 0 unspecified atom stereocenters. The number of hydrogen-bond acceptors (Lipinski definition) is 6. The number of carbonyl (C=O) groups excluding carboxylic acids is 2. The predicted molar refractivity (Wildman–Crippen MR) is 116 cm³/mol. The summed E-state index contributed by atoms with van der Waals surface area (Å²) in [5.74, 6) is -0.825. The lowest BCUT2D eigenvalue weighted by Gasteiger charge is -2.19. The summed E-state index contributed by atoms with van der Waals surface area (Å²) in [5.41, 5.74) is 0.680. The first-order valence-corrected chi connectivity index (χ1v) is 12.6. The van der Waals surface area contributed by atoms with Gasteiger partial charge in [0.25, 0.3) is 5.91 Å². The van der Waals surface area contributed by atoms with Gasteiger partial charge in [-0.1, -0.05) is 12.1 Å². The van der Waals surface area contributed by atoms with Crippen molar-refractivity contribution in [2.45, 2.75) is 22.6 Å². The number of rotatable bonds is 7. The normalized spacial score (nSPS) is 14.7. The summed E-state index contributed by atoms with van der Waals surface area (Å²) in [6.45, 7) is 0.764. The molecule has 0 aliphatic carbocycles. The fourth-order valence-electron chi connectivity index (χ4n) is 3.12. The van der Waals surface area contributed by atoms with Crippen LogP contribution < -0.4 is 5.32 Å². The van der Waals surface area contributed by atoms with Crippen molar-refractivity contribution in [2.75, 3.05) is 38.3 Å². The number of nitrogens with zero attached hydrogens (tertiary/aromatic N) is 2. The summed E-state index contributed by atoms with van der Waals surface area (Å²) in [6, 6.07) is 8.87. The molecule has 0 atom stereocenters. The quantitative estimate of drug-likeness (QED) is 0.652. The van der Waals surface area contributed by atoms with E-state index in [9.17, 15) is 18.0 Å². The Morgan fingerprint density at radius 3 is 2.59 bits per heavy atom. The largest absolute Gasteiger partial charge is 0.332 e. The molecule has 2 aromatic rings. The van der Waals surface area contributed by atoms with Crippen LogP contribution in [0.15, 0.2) is 45.5 Å². The van der Waals surface area contributed by atoms with Gasteiger partial charge < -0.3 is 10.2 Å².